The summed E-state index contributed by atoms with van der Waals surface area (Å²) in [4.78, 5) is 14.1. The summed E-state index contributed by atoms with van der Waals surface area (Å²) in [5.41, 5.74) is 1.30. The van der Waals surface area contributed by atoms with Gasteiger partial charge in [0.05, 0.1) is 19.3 Å². The van der Waals surface area contributed by atoms with Crippen LogP contribution in [0.1, 0.15) is 24.8 Å². The molecule has 1 atom stereocenters. The molecule has 1 fully saturated rings. The summed E-state index contributed by atoms with van der Waals surface area (Å²) in [5, 5.41) is 0. The monoisotopic (exact) mass is 291 g/mol. The van der Waals surface area contributed by atoms with Gasteiger partial charge in [0.15, 0.2) is 0 Å². The molecule has 0 aliphatic carbocycles. The minimum absolute atomic E-state index is 0.179. The fraction of sp³-hybridized carbons (Fsp3) is 0.588. The summed E-state index contributed by atoms with van der Waals surface area (Å²) in [6.45, 7) is 2.77. The van der Waals surface area contributed by atoms with Crippen molar-refractivity contribution in [3.63, 3.8) is 0 Å². The van der Waals surface area contributed by atoms with Gasteiger partial charge in [0.1, 0.15) is 0 Å². The number of aryl methyl sites for hydroxylation is 1. The Morgan fingerprint density at radius 3 is 2.86 bits per heavy atom. The second-order valence-corrected chi connectivity index (χ2v) is 5.45. The maximum absolute atomic E-state index is 12.2. The topological polar surface area (TPSA) is 38.8 Å². The first-order chi connectivity index (χ1) is 10.3. The van der Waals surface area contributed by atoms with Crippen molar-refractivity contribution in [1.29, 1.82) is 0 Å². The lowest BCUT2D eigenvalue weighted by Gasteiger charge is -2.16. The third kappa shape index (κ3) is 5.48. The molecule has 4 nitrogen and oxygen atoms in total. The van der Waals surface area contributed by atoms with Gasteiger partial charge in [-0.3, -0.25) is 4.79 Å². The van der Waals surface area contributed by atoms with Crippen LogP contribution in [0.3, 0.4) is 0 Å². The number of carbonyl (C=O) groups excluding carboxylic acids is 1. The molecule has 1 aliphatic heterocycles. The van der Waals surface area contributed by atoms with E-state index >= 15 is 0 Å². The number of benzene rings is 1. The first-order valence-corrected chi connectivity index (χ1v) is 7.72. The summed E-state index contributed by atoms with van der Waals surface area (Å²) in [7, 11) is 1.67. The minimum atomic E-state index is 0.179. The van der Waals surface area contributed by atoms with E-state index in [-0.39, 0.29) is 12.0 Å². The molecular formula is C17H25NO3. The molecule has 2 rings (SSSR count). The minimum Gasteiger partial charge on any atom is -0.382 e. The second kappa shape index (κ2) is 8.80. The summed E-state index contributed by atoms with van der Waals surface area (Å²) in [5.74, 6) is 0.253. The molecule has 1 heterocycles. The average molecular weight is 291 g/mol. The molecule has 1 amide bonds. The molecule has 0 radical (unpaired) electrons. The Morgan fingerprint density at radius 1 is 1.29 bits per heavy atom. The standard InChI is InChI=1S/C17H25NO3/c1-20-12-13-21-16-10-11-18(14-16)17(19)9-5-8-15-6-3-2-4-7-15/h2-4,6-7,16H,5,8-14H2,1H3. The van der Waals surface area contributed by atoms with E-state index in [2.05, 4.69) is 12.1 Å². The zero-order chi connectivity index (χ0) is 14.9. The predicted octanol–water partition coefficient (Wildman–Crippen LogP) is 2.27. The largest absolute Gasteiger partial charge is 0.382 e. The van der Waals surface area contributed by atoms with Gasteiger partial charge >= 0.3 is 0 Å². The average Bonchev–Trinajstić information content (AvgIpc) is 2.97. The van der Waals surface area contributed by atoms with E-state index in [9.17, 15) is 4.79 Å². The van der Waals surface area contributed by atoms with Crippen LogP contribution in [0.4, 0.5) is 0 Å². The Balaban J connectivity index is 1.63. The van der Waals surface area contributed by atoms with Crippen LogP contribution >= 0.6 is 0 Å². The van der Waals surface area contributed by atoms with E-state index in [4.69, 9.17) is 9.47 Å². The zero-order valence-electron chi connectivity index (χ0n) is 12.8. The molecule has 0 saturated carbocycles. The third-order valence-corrected chi connectivity index (χ3v) is 3.84. The third-order valence-electron chi connectivity index (χ3n) is 3.84. The van der Waals surface area contributed by atoms with E-state index in [1.54, 1.807) is 7.11 Å². The molecule has 1 aromatic rings. The molecule has 21 heavy (non-hydrogen) atoms. The zero-order valence-corrected chi connectivity index (χ0v) is 12.8. The highest BCUT2D eigenvalue weighted by Crippen LogP contribution is 2.15. The van der Waals surface area contributed by atoms with Crippen molar-refractivity contribution in [3.05, 3.63) is 35.9 Å². The lowest BCUT2D eigenvalue weighted by molar-refractivity contribution is -0.130. The van der Waals surface area contributed by atoms with E-state index in [0.717, 1.165) is 32.4 Å². The van der Waals surface area contributed by atoms with Gasteiger partial charge < -0.3 is 14.4 Å². The van der Waals surface area contributed by atoms with Crippen LogP contribution in [0.5, 0.6) is 0 Å². The number of methoxy groups -OCH3 is 1. The summed E-state index contributed by atoms with van der Waals surface area (Å²) < 4.78 is 10.6. The van der Waals surface area contributed by atoms with Gasteiger partial charge in [0.2, 0.25) is 5.91 Å². The lowest BCUT2D eigenvalue weighted by atomic mass is 10.1. The number of likely N-dealkylation sites (tertiary alicyclic amines) is 1. The molecule has 1 aliphatic rings. The highest BCUT2D eigenvalue weighted by molar-refractivity contribution is 5.76. The van der Waals surface area contributed by atoms with E-state index in [0.29, 0.717) is 19.6 Å². The fourth-order valence-electron chi connectivity index (χ4n) is 2.64. The Labute approximate surface area is 127 Å². The molecular weight excluding hydrogens is 266 g/mol. The van der Waals surface area contributed by atoms with Gasteiger partial charge in [-0.25, -0.2) is 0 Å². The van der Waals surface area contributed by atoms with E-state index in [1.165, 1.54) is 5.56 Å². The van der Waals surface area contributed by atoms with E-state index in [1.807, 2.05) is 23.1 Å². The molecule has 0 spiro atoms. The van der Waals surface area contributed by atoms with Crippen LogP contribution in [0.2, 0.25) is 0 Å². The summed E-state index contributed by atoms with van der Waals surface area (Å²) in [6.07, 6.45) is 3.62. The highest BCUT2D eigenvalue weighted by atomic mass is 16.5. The number of carbonyl (C=O) groups is 1. The molecule has 0 bridgehead atoms. The van der Waals surface area contributed by atoms with Gasteiger partial charge in [-0.05, 0) is 24.8 Å². The Kier molecular flexibility index (Phi) is 6.70. The highest BCUT2D eigenvalue weighted by Gasteiger charge is 2.26. The molecule has 1 unspecified atom stereocenters. The van der Waals surface area contributed by atoms with Crippen LogP contribution in [-0.2, 0) is 20.7 Å². The normalized spacial score (nSPS) is 18.1. The molecule has 1 aromatic carbocycles. The first-order valence-electron chi connectivity index (χ1n) is 7.72. The van der Waals surface area contributed by atoms with Crippen molar-refractivity contribution >= 4 is 5.91 Å². The number of ether oxygens (including phenoxy) is 2. The lowest BCUT2D eigenvalue weighted by Crippen LogP contribution is -2.30. The van der Waals surface area contributed by atoms with Crippen LogP contribution < -0.4 is 0 Å². The van der Waals surface area contributed by atoms with Crippen molar-refractivity contribution in [2.45, 2.75) is 31.8 Å². The predicted molar refractivity (Wildman–Crippen MR) is 82.2 cm³/mol. The van der Waals surface area contributed by atoms with Crippen LogP contribution in [-0.4, -0.2) is 50.3 Å². The Hall–Kier alpha value is -1.39. The molecule has 0 aromatic heterocycles. The number of amides is 1. The fourth-order valence-corrected chi connectivity index (χ4v) is 2.64. The first kappa shape index (κ1) is 16.0. The molecule has 0 N–H and O–H groups in total. The SMILES string of the molecule is COCCOC1CCN(C(=O)CCCc2ccccc2)C1. The maximum Gasteiger partial charge on any atom is 0.222 e. The summed E-state index contributed by atoms with van der Waals surface area (Å²) in [6, 6.07) is 10.3. The van der Waals surface area contributed by atoms with Gasteiger partial charge in [0, 0.05) is 26.6 Å². The van der Waals surface area contributed by atoms with Crippen molar-refractivity contribution in [3.8, 4) is 0 Å². The van der Waals surface area contributed by atoms with Gasteiger partial charge in [0.25, 0.3) is 0 Å². The van der Waals surface area contributed by atoms with Crippen molar-refractivity contribution in [2.24, 2.45) is 0 Å². The van der Waals surface area contributed by atoms with Gasteiger partial charge in [-0.1, -0.05) is 30.3 Å². The Morgan fingerprint density at radius 2 is 2.10 bits per heavy atom. The molecule has 1 saturated heterocycles. The van der Waals surface area contributed by atoms with Gasteiger partial charge in [-0.2, -0.15) is 0 Å². The quantitative estimate of drug-likeness (QED) is 0.690. The smallest absolute Gasteiger partial charge is 0.222 e. The number of nitrogens with zero attached hydrogens (tertiary/aromatic N) is 1. The number of rotatable bonds is 8. The van der Waals surface area contributed by atoms with Crippen molar-refractivity contribution < 1.29 is 14.3 Å². The summed E-state index contributed by atoms with van der Waals surface area (Å²) >= 11 is 0. The van der Waals surface area contributed by atoms with Gasteiger partial charge in [-0.15, -0.1) is 0 Å². The Bertz CT molecular complexity index is 421. The van der Waals surface area contributed by atoms with Crippen molar-refractivity contribution in [1.82, 2.24) is 4.90 Å². The maximum atomic E-state index is 12.2. The van der Waals surface area contributed by atoms with Crippen molar-refractivity contribution in [2.75, 3.05) is 33.4 Å². The second-order valence-electron chi connectivity index (χ2n) is 5.45. The number of hydrogen-bond acceptors (Lipinski definition) is 3. The van der Waals surface area contributed by atoms with Crippen LogP contribution in [0.25, 0.3) is 0 Å². The number of hydrogen-bond donors (Lipinski definition) is 0. The van der Waals surface area contributed by atoms with E-state index < -0.39 is 0 Å². The molecule has 4 heteroatoms. The van der Waals surface area contributed by atoms with Crippen LogP contribution in [0.15, 0.2) is 30.3 Å². The van der Waals surface area contributed by atoms with Crippen LogP contribution in [0, 0.1) is 0 Å². The molecule has 116 valence electrons.